The molecule has 0 fully saturated rings. The first kappa shape index (κ1) is 80.9. The van der Waals surface area contributed by atoms with Gasteiger partial charge >= 0.3 is 17.9 Å². The van der Waals surface area contributed by atoms with Crippen molar-refractivity contribution in [2.24, 2.45) is 0 Å². The monoisotopic (exact) mass is 1170 g/mol. The third kappa shape index (κ3) is 70.5. The fourth-order valence-electron chi connectivity index (χ4n) is 11.8. The SMILES string of the molecule is CCCCCCC/C=C\C/C=C\CCCCCCCCCCCCCCCCCCCCCC(=O)OCC(COC(=O)CCCCCCCC)OC(=O)CCCCCCCCCCCCCCCCCCCCCCCCCCCCCC. The van der Waals surface area contributed by atoms with E-state index in [0.29, 0.717) is 19.3 Å². The lowest BCUT2D eigenvalue weighted by molar-refractivity contribution is -0.167. The van der Waals surface area contributed by atoms with Crippen LogP contribution in [0, 0.1) is 0 Å². The molecule has 0 aliphatic carbocycles. The molecule has 0 aliphatic rings. The van der Waals surface area contributed by atoms with Crippen LogP contribution in [0.15, 0.2) is 24.3 Å². The summed E-state index contributed by atoms with van der Waals surface area (Å²) in [5.41, 5.74) is 0. The van der Waals surface area contributed by atoms with Gasteiger partial charge in [-0.1, -0.05) is 385 Å². The van der Waals surface area contributed by atoms with E-state index in [-0.39, 0.29) is 31.1 Å². The molecule has 1 atom stereocenters. The molecule has 83 heavy (non-hydrogen) atoms. The molecule has 0 saturated carbocycles. The van der Waals surface area contributed by atoms with Crippen molar-refractivity contribution in [2.45, 2.75) is 438 Å². The highest BCUT2D eigenvalue weighted by molar-refractivity contribution is 5.71. The number of hydrogen-bond acceptors (Lipinski definition) is 6. The minimum atomic E-state index is -0.765. The molecule has 0 amide bonds. The summed E-state index contributed by atoms with van der Waals surface area (Å²) in [6, 6.07) is 0. The van der Waals surface area contributed by atoms with Crippen molar-refractivity contribution in [3.05, 3.63) is 24.3 Å². The fraction of sp³-hybridized carbons (Fsp3) is 0.909. The van der Waals surface area contributed by atoms with Gasteiger partial charge in [-0.2, -0.15) is 0 Å². The Balaban J connectivity index is 3.92. The van der Waals surface area contributed by atoms with Crippen molar-refractivity contribution in [3.63, 3.8) is 0 Å². The van der Waals surface area contributed by atoms with E-state index < -0.39 is 6.10 Å². The summed E-state index contributed by atoms with van der Waals surface area (Å²) >= 11 is 0. The van der Waals surface area contributed by atoms with E-state index >= 15 is 0 Å². The molecule has 490 valence electrons. The van der Waals surface area contributed by atoms with Gasteiger partial charge in [0.05, 0.1) is 0 Å². The zero-order valence-corrected chi connectivity index (χ0v) is 56.5. The quantitative estimate of drug-likeness (QED) is 0.0261. The van der Waals surface area contributed by atoms with Crippen LogP contribution in [-0.2, 0) is 28.6 Å². The van der Waals surface area contributed by atoms with Crippen LogP contribution in [0.5, 0.6) is 0 Å². The van der Waals surface area contributed by atoms with Gasteiger partial charge in [0.25, 0.3) is 0 Å². The molecule has 0 aromatic heterocycles. The second kappa shape index (κ2) is 72.4. The van der Waals surface area contributed by atoms with Crippen LogP contribution >= 0.6 is 0 Å². The number of hydrogen-bond donors (Lipinski definition) is 0. The molecule has 6 heteroatoms. The molecular weight excluding hydrogens is 1020 g/mol. The smallest absolute Gasteiger partial charge is 0.306 e. The van der Waals surface area contributed by atoms with Crippen LogP contribution in [0.3, 0.4) is 0 Å². The van der Waals surface area contributed by atoms with Crippen LogP contribution in [-0.4, -0.2) is 37.2 Å². The summed E-state index contributed by atoms with van der Waals surface area (Å²) in [4.78, 5) is 38.2. The number of carbonyl (C=O) groups is 3. The van der Waals surface area contributed by atoms with E-state index in [1.807, 2.05) is 0 Å². The van der Waals surface area contributed by atoms with Crippen LogP contribution < -0.4 is 0 Å². The first-order chi connectivity index (χ1) is 41.0. The molecule has 0 aromatic carbocycles. The van der Waals surface area contributed by atoms with Crippen LogP contribution in [0.25, 0.3) is 0 Å². The molecule has 0 saturated heterocycles. The maximum atomic E-state index is 12.9. The third-order valence-corrected chi connectivity index (χ3v) is 17.5. The Morgan fingerprint density at radius 2 is 0.434 bits per heavy atom. The van der Waals surface area contributed by atoms with Crippen molar-refractivity contribution < 1.29 is 28.6 Å². The van der Waals surface area contributed by atoms with Crippen molar-refractivity contribution >= 4 is 17.9 Å². The molecule has 1 unspecified atom stereocenters. The molecule has 0 aromatic rings. The maximum Gasteiger partial charge on any atom is 0.306 e. The average molecular weight is 1170 g/mol. The predicted octanol–water partition coefficient (Wildman–Crippen LogP) is 26.1. The summed E-state index contributed by atoms with van der Waals surface area (Å²) in [6.45, 7) is 6.66. The van der Waals surface area contributed by atoms with E-state index in [4.69, 9.17) is 14.2 Å². The summed E-state index contributed by atoms with van der Waals surface area (Å²) in [5, 5.41) is 0. The fourth-order valence-corrected chi connectivity index (χ4v) is 11.8. The van der Waals surface area contributed by atoms with Gasteiger partial charge in [0.15, 0.2) is 6.10 Å². The first-order valence-corrected chi connectivity index (χ1v) is 37.8. The highest BCUT2D eigenvalue weighted by Gasteiger charge is 2.20. The molecule has 0 N–H and O–H groups in total. The average Bonchev–Trinajstić information content (AvgIpc) is 3.48. The second-order valence-electron chi connectivity index (χ2n) is 25.9. The van der Waals surface area contributed by atoms with Gasteiger partial charge in [0, 0.05) is 19.3 Å². The van der Waals surface area contributed by atoms with E-state index in [0.717, 1.165) is 64.2 Å². The Labute approximate surface area is 519 Å². The third-order valence-electron chi connectivity index (χ3n) is 17.5. The lowest BCUT2D eigenvalue weighted by Gasteiger charge is -2.18. The number of unbranched alkanes of at least 4 members (excludes halogenated alkanes) is 56. The van der Waals surface area contributed by atoms with E-state index in [1.54, 1.807) is 0 Å². The predicted molar refractivity (Wildman–Crippen MR) is 363 cm³/mol. The van der Waals surface area contributed by atoms with Gasteiger partial charge in [-0.15, -0.1) is 0 Å². The van der Waals surface area contributed by atoms with Crippen molar-refractivity contribution in [1.29, 1.82) is 0 Å². The topological polar surface area (TPSA) is 78.9 Å². The summed E-state index contributed by atoms with van der Waals surface area (Å²) in [6.07, 6.45) is 90.0. The van der Waals surface area contributed by atoms with Gasteiger partial charge in [-0.25, -0.2) is 0 Å². The second-order valence-corrected chi connectivity index (χ2v) is 25.9. The molecule has 0 bridgehead atoms. The first-order valence-electron chi connectivity index (χ1n) is 37.8. The number of ether oxygens (including phenoxy) is 3. The molecule has 0 heterocycles. The van der Waals surface area contributed by atoms with Gasteiger partial charge in [-0.05, 0) is 51.4 Å². The Morgan fingerprint density at radius 3 is 0.663 bits per heavy atom. The summed E-state index contributed by atoms with van der Waals surface area (Å²) in [5.74, 6) is -0.841. The number of allylic oxidation sites excluding steroid dienone is 4. The minimum Gasteiger partial charge on any atom is -0.462 e. The Morgan fingerprint density at radius 1 is 0.241 bits per heavy atom. The Kier molecular flexibility index (Phi) is 70.5. The number of carbonyl (C=O) groups excluding carboxylic acids is 3. The lowest BCUT2D eigenvalue weighted by atomic mass is 10.0. The zero-order valence-electron chi connectivity index (χ0n) is 56.5. The van der Waals surface area contributed by atoms with Gasteiger partial charge in [-0.3, -0.25) is 14.4 Å². The molecule has 0 radical (unpaired) electrons. The summed E-state index contributed by atoms with van der Waals surface area (Å²) in [7, 11) is 0. The lowest BCUT2D eigenvalue weighted by Crippen LogP contribution is -2.30. The van der Waals surface area contributed by atoms with E-state index in [2.05, 4.69) is 45.1 Å². The molecule has 6 nitrogen and oxygen atoms in total. The Hall–Kier alpha value is -2.11. The zero-order chi connectivity index (χ0) is 59.9. The minimum absolute atomic E-state index is 0.0642. The van der Waals surface area contributed by atoms with Gasteiger partial charge in [0.1, 0.15) is 13.2 Å². The molecule has 0 rings (SSSR count). The maximum absolute atomic E-state index is 12.9. The largest absolute Gasteiger partial charge is 0.462 e. The molecule has 0 spiro atoms. The summed E-state index contributed by atoms with van der Waals surface area (Å²) < 4.78 is 16.9. The van der Waals surface area contributed by atoms with Crippen molar-refractivity contribution in [2.75, 3.05) is 13.2 Å². The van der Waals surface area contributed by atoms with Crippen molar-refractivity contribution in [1.82, 2.24) is 0 Å². The van der Waals surface area contributed by atoms with E-state index in [9.17, 15) is 14.4 Å². The standard InChI is InChI=1S/C77H146O6/c1-4-7-10-13-16-18-20-22-24-26-28-30-32-34-36-38-39-40-42-43-45-47-49-51-53-55-57-59-61-64-67-70-76(79)82-73-74(72-81-75(78)69-66-63-15-12-9-6-3)83-77(80)71-68-65-62-60-58-56-54-52-50-48-46-44-41-37-35-33-31-29-27-25-23-21-19-17-14-11-8-5-2/h20,22,26,28,74H,4-19,21,23-25,27,29-73H2,1-3H3/b22-20-,28-26-. The van der Waals surface area contributed by atoms with Crippen LogP contribution in [0.2, 0.25) is 0 Å². The molecular formula is C77H146O6. The number of rotatable bonds is 71. The van der Waals surface area contributed by atoms with E-state index in [1.165, 1.54) is 327 Å². The van der Waals surface area contributed by atoms with Crippen LogP contribution in [0.4, 0.5) is 0 Å². The highest BCUT2D eigenvalue weighted by atomic mass is 16.6. The van der Waals surface area contributed by atoms with Crippen LogP contribution in [0.1, 0.15) is 432 Å². The normalized spacial score (nSPS) is 12.1. The Bertz CT molecular complexity index is 1340. The van der Waals surface area contributed by atoms with Gasteiger partial charge < -0.3 is 14.2 Å². The number of esters is 3. The van der Waals surface area contributed by atoms with Crippen molar-refractivity contribution in [3.8, 4) is 0 Å². The molecule has 0 aliphatic heterocycles. The highest BCUT2D eigenvalue weighted by Crippen LogP contribution is 2.20. The van der Waals surface area contributed by atoms with Gasteiger partial charge in [0.2, 0.25) is 0 Å².